The number of nitrogens with zero attached hydrogens (tertiary/aromatic N) is 3. The Kier molecular flexibility index (Phi) is 6.96. The summed E-state index contributed by atoms with van der Waals surface area (Å²) in [4.78, 5) is 64.6. The lowest BCUT2D eigenvalue weighted by Gasteiger charge is -2.50. The predicted molar refractivity (Wildman–Crippen MR) is 167 cm³/mol. The third kappa shape index (κ3) is 4.10. The third-order valence-corrected chi connectivity index (χ3v) is 11.2. The van der Waals surface area contributed by atoms with Crippen molar-refractivity contribution in [2.24, 2.45) is 17.8 Å². The van der Waals surface area contributed by atoms with Crippen molar-refractivity contribution in [2.45, 2.75) is 28.5 Å². The van der Waals surface area contributed by atoms with Crippen LogP contribution in [0.2, 0.25) is 0 Å². The van der Waals surface area contributed by atoms with E-state index in [1.807, 2.05) is 0 Å². The number of benzene rings is 3. The van der Waals surface area contributed by atoms with Crippen molar-refractivity contribution < 1.29 is 38.3 Å². The molecule has 2 heterocycles. The van der Waals surface area contributed by atoms with E-state index < -0.39 is 67.8 Å². The van der Waals surface area contributed by atoms with Gasteiger partial charge in [0.1, 0.15) is 5.82 Å². The zero-order valence-electron chi connectivity index (χ0n) is 24.4. The molecule has 1 saturated carbocycles. The number of methoxy groups -OCH3 is 1. The van der Waals surface area contributed by atoms with Crippen LogP contribution in [0.5, 0.6) is 11.5 Å². The molecule has 240 valence electrons. The summed E-state index contributed by atoms with van der Waals surface area (Å²) in [7, 11) is 1.34. The first-order valence-corrected chi connectivity index (χ1v) is 15.3. The zero-order valence-corrected chi connectivity index (χ0v) is 25.9. The van der Waals surface area contributed by atoms with Crippen LogP contribution in [-0.2, 0) is 19.2 Å². The Hall–Kier alpha value is -4.81. The summed E-state index contributed by atoms with van der Waals surface area (Å²) in [6, 6.07) is 14.2. The summed E-state index contributed by atoms with van der Waals surface area (Å²) in [5, 5.41) is 22.6. The first kappa shape index (κ1) is 30.8. The molecule has 4 amide bonds. The highest BCUT2D eigenvalue weighted by atomic mass is 35.5. The predicted octanol–water partition coefficient (Wildman–Crippen LogP) is 5.22. The number of phenolic OH excluding ortho intramolecular Hbond substituents is 1. The standard InChI is InChI=1S/C33H24Cl2FN3O8/c1-47-24-4-2-3-22(27(24)40)26-20-13-14-21-25(29(42)37(28(21)41)17-9-11-19(12-10-17)39(45)46)23(20)15-32(34)30(43)38(31(44)33(26,32)35)18-7-5-16(36)6-8-18/h2-13,21,23,25-26,40H,14-15H2,1H3/t21-,23+,25-,26+,32+,33-/m0/s1. The minimum atomic E-state index is -2.23. The molecule has 3 fully saturated rings. The van der Waals surface area contributed by atoms with Gasteiger partial charge in [0.15, 0.2) is 21.2 Å². The Morgan fingerprint density at radius 1 is 0.915 bits per heavy atom. The number of imide groups is 2. The minimum Gasteiger partial charge on any atom is -0.504 e. The molecule has 0 spiro atoms. The minimum absolute atomic E-state index is 0.0239. The van der Waals surface area contributed by atoms with Crippen LogP contribution in [0.3, 0.4) is 0 Å². The normalized spacial score (nSPS) is 29.7. The smallest absolute Gasteiger partial charge is 0.269 e. The summed E-state index contributed by atoms with van der Waals surface area (Å²) in [6.07, 6.45) is 1.46. The summed E-state index contributed by atoms with van der Waals surface area (Å²) < 4.78 is 19.2. The molecule has 3 aromatic carbocycles. The number of carbonyl (C=O) groups excluding carboxylic acids is 4. The van der Waals surface area contributed by atoms with E-state index in [4.69, 9.17) is 27.9 Å². The van der Waals surface area contributed by atoms with Gasteiger partial charge in [0.2, 0.25) is 11.8 Å². The molecule has 3 aromatic rings. The second kappa shape index (κ2) is 10.6. The van der Waals surface area contributed by atoms with Crippen LogP contribution in [0.15, 0.2) is 78.4 Å². The van der Waals surface area contributed by atoms with Gasteiger partial charge in [0.05, 0.1) is 35.2 Å². The van der Waals surface area contributed by atoms with Gasteiger partial charge in [-0.05, 0) is 61.2 Å². The van der Waals surface area contributed by atoms with Crippen molar-refractivity contribution in [3.05, 3.63) is 99.9 Å². The Morgan fingerprint density at radius 2 is 1.55 bits per heavy atom. The highest BCUT2D eigenvalue weighted by Crippen LogP contribution is 2.66. The number of nitro benzene ring substituents is 1. The second-order valence-electron chi connectivity index (χ2n) is 11.9. The van der Waals surface area contributed by atoms with E-state index in [2.05, 4.69) is 0 Å². The second-order valence-corrected chi connectivity index (χ2v) is 13.2. The molecular formula is C33H24Cl2FN3O8. The number of hydrogen-bond acceptors (Lipinski definition) is 8. The number of carbonyl (C=O) groups is 4. The maximum Gasteiger partial charge on any atom is 0.269 e. The molecule has 14 heteroatoms. The average molecular weight is 680 g/mol. The summed E-state index contributed by atoms with van der Waals surface area (Å²) in [6.45, 7) is 0. The van der Waals surface area contributed by atoms with Gasteiger partial charge in [-0.1, -0.05) is 23.8 Å². The SMILES string of the molecule is COc1cccc([C@H]2C3=CC[C@@H]4C(=O)N(c5ccc([N+](=O)[O-])cc5)C(=O)[C@@H]4[C@@H]3C[C@@]3(Cl)C(=O)N(c4ccc(F)cc4)C(=O)[C@@]23Cl)c1O. The number of hydrogen-bond donors (Lipinski definition) is 1. The molecule has 6 atom stereocenters. The Bertz CT molecular complexity index is 1940. The van der Waals surface area contributed by atoms with Gasteiger partial charge in [-0.25, -0.2) is 9.29 Å². The van der Waals surface area contributed by atoms with Gasteiger partial charge in [0.25, 0.3) is 17.5 Å². The molecule has 1 N–H and O–H groups in total. The van der Waals surface area contributed by atoms with E-state index in [0.717, 1.165) is 21.9 Å². The number of anilines is 2. The van der Waals surface area contributed by atoms with E-state index in [9.17, 15) is 38.8 Å². The molecule has 2 saturated heterocycles. The van der Waals surface area contributed by atoms with Crippen molar-refractivity contribution in [2.75, 3.05) is 16.9 Å². The molecule has 7 rings (SSSR count). The average Bonchev–Trinajstić information content (AvgIpc) is 3.39. The molecule has 2 aliphatic heterocycles. The van der Waals surface area contributed by atoms with Crippen LogP contribution < -0.4 is 14.5 Å². The van der Waals surface area contributed by atoms with Crippen molar-refractivity contribution in [1.29, 1.82) is 0 Å². The quantitative estimate of drug-likeness (QED) is 0.127. The van der Waals surface area contributed by atoms with Crippen molar-refractivity contribution >= 4 is 63.9 Å². The van der Waals surface area contributed by atoms with Crippen LogP contribution in [0.4, 0.5) is 21.5 Å². The zero-order chi connectivity index (χ0) is 33.6. The number of ether oxygens (including phenoxy) is 1. The number of non-ortho nitro benzene ring substituents is 1. The van der Waals surface area contributed by atoms with E-state index in [0.29, 0.717) is 5.57 Å². The van der Waals surface area contributed by atoms with E-state index in [1.54, 1.807) is 12.1 Å². The van der Waals surface area contributed by atoms with Crippen LogP contribution in [0.1, 0.15) is 24.3 Å². The van der Waals surface area contributed by atoms with E-state index in [1.165, 1.54) is 55.6 Å². The summed E-state index contributed by atoms with van der Waals surface area (Å²) in [5.41, 5.74) is 0.497. The molecule has 4 aliphatic rings. The lowest BCUT2D eigenvalue weighted by atomic mass is 9.56. The summed E-state index contributed by atoms with van der Waals surface area (Å²) >= 11 is 14.6. The van der Waals surface area contributed by atoms with Gasteiger partial charge in [-0.2, -0.15) is 0 Å². The summed E-state index contributed by atoms with van der Waals surface area (Å²) in [5.74, 6) is -7.90. The van der Waals surface area contributed by atoms with Gasteiger partial charge >= 0.3 is 0 Å². The molecule has 0 unspecified atom stereocenters. The highest BCUT2D eigenvalue weighted by Gasteiger charge is 2.77. The Balaban J connectivity index is 1.39. The largest absolute Gasteiger partial charge is 0.504 e. The van der Waals surface area contributed by atoms with Gasteiger partial charge < -0.3 is 9.84 Å². The molecular weight excluding hydrogens is 656 g/mol. The molecule has 0 radical (unpaired) electrons. The van der Waals surface area contributed by atoms with E-state index in [-0.39, 0.29) is 47.0 Å². The van der Waals surface area contributed by atoms with Crippen molar-refractivity contribution in [3.8, 4) is 11.5 Å². The number of alkyl halides is 2. The topological polar surface area (TPSA) is 147 Å². The van der Waals surface area contributed by atoms with Gasteiger partial charge in [-0.15, -0.1) is 23.2 Å². The number of halogens is 3. The van der Waals surface area contributed by atoms with Crippen LogP contribution in [0, 0.1) is 33.7 Å². The fraction of sp³-hybridized carbons (Fsp3) is 0.273. The number of phenols is 1. The number of nitro groups is 1. The Labute approximate surface area is 276 Å². The lowest BCUT2D eigenvalue weighted by molar-refractivity contribution is -0.384. The number of allylic oxidation sites excluding steroid dienone is 2. The molecule has 2 aliphatic carbocycles. The van der Waals surface area contributed by atoms with Crippen molar-refractivity contribution in [3.63, 3.8) is 0 Å². The molecule has 0 bridgehead atoms. The van der Waals surface area contributed by atoms with Gasteiger partial charge in [0, 0.05) is 23.6 Å². The first-order chi connectivity index (χ1) is 22.3. The number of rotatable bonds is 5. The Morgan fingerprint density at radius 3 is 2.19 bits per heavy atom. The highest BCUT2D eigenvalue weighted by molar-refractivity contribution is 6.58. The van der Waals surface area contributed by atoms with Gasteiger partial charge in [-0.3, -0.25) is 34.2 Å². The van der Waals surface area contributed by atoms with Crippen LogP contribution >= 0.6 is 23.2 Å². The fourth-order valence-corrected chi connectivity index (χ4v) is 8.59. The van der Waals surface area contributed by atoms with E-state index >= 15 is 0 Å². The molecule has 11 nitrogen and oxygen atoms in total. The molecule has 47 heavy (non-hydrogen) atoms. The first-order valence-electron chi connectivity index (χ1n) is 14.6. The number of aromatic hydroxyl groups is 1. The fourth-order valence-electron chi connectivity index (χ4n) is 7.66. The lowest BCUT2D eigenvalue weighted by Crippen LogP contribution is -2.60. The van der Waals surface area contributed by atoms with Crippen molar-refractivity contribution in [1.82, 2.24) is 0 Å². The van der Waals surface area contributed by atoms with Crippen LogP contribution in [0.25, 0.3) is 0 Å². The number of para-hydroxylation sites is 1. The maximum absolute atomic E-state index is 14.4. The maximum atomic E-state index is 14.4. The van der Waals surface area contributed by atoms with Crippen LogP contribution in [-0.4, -0.2) is 50.5 Å². The number of amides is 4. The number of fused-ring (bicyclic) bond motifs is 4. The monoisotopic (exact) mass is 679 g/mol. The third-order valence-electron chi connectivity index (χ3n) is 9.78. The molecule has 0 aromatic heterocycles.